The van der Waals surface area contributed by atoms with E-state index in [0.717, 1.165) is 27.1 Å². The standard InChI is InChI=1S/C21H20O3/c22-13-5-6-14-24-21(23)12-11-20-18-9-3-1-7-16(18)15-17-8-2-4-10-19(17)20/h1-4,7-12,15,22H,5-6,13-14H2/b12-11+. The normalized spacial score (nSPS) is 11.4. The second kappa shape index (κ2) is 7.75. The number of fused-ring (bicyclic) bond motifs is 2. The summed E-state index contributed by atoms with van der Waals surface area (Å²) in [6, 6.07) is 18.5. The van der Waals surface area contributed by atoms with E-state index < -0.39 is 0 Å². The van der Waals surface area contributed by atoms with Crippen LogP contribution >= 0.6 is 0 Å². The van der Waals surface area contributed by atoms with E-state index in [9.17, 15) is 4.79 Å². The highest BCUT2D eigenvalue weighted by Crippen LogP contribution is 2.29. The maximum absolute atomic E-state index is 11.9. The zero-order valence-corrected chi connectivity index (χ0v) is 13.4. The van der Waals surface area contributed by atoms with Gasteiger partial charge in [0.05, 0.1) is 6.61 Å². The van der Waals surface area contributed by atoms with Crippen molar-refractivity contribution in [1.29, 1.82) is 0 Å². The van der Waals surface area contributed by atoms with Crippen molar-refractivity contribution in [3.8, 4) is 0 Å². The molecule has 0 bridgehead atoms. The number of benzene rings is 3. The molecule has 0 unspecified atom stereocenters. The topological polar surface area (TPSA) is 46.5 Å². The van der Waals surface area contributed by atoms with E-state index in [4.69, 9.17) is 9.84 Å². The average molecular weight is 320 g/mol. The Bertz CT molecular complexity index is 827. The maximum Gasteiger partial charge on any atom is 0.330 e. The van der Waals surface area contributed by atoms with Crippen LogP contribution in [0.15, 0.2) is 60.7 Å². The SMILES string of the molecule is O=C(/C=C/c1c2ccccc2cc2ccccc12)OCCCCO. The lowest BCUT2D eigenvalue weighted by Gasteiger charge is -2.08. The molecule has 122 valence electrons. The van der Waals surface area contributed by atoms with Gasteiger partial charge in [-0.05, 0) is 52.1 Å². The van der Waals surface area contributed by atoms with Gasteiger partial charge < -0.3 is 9.84 Å². The van der Waals surface area contributed by atoms with Crippen LogP contribution in [0.1, 0.15) is 18.4 Å². The number of aliphatic hydroxyl groups excluding tert-OH is 1. The number of rotatable bonds is 6. The molecule has 0 heterocycles. The quantitative estimate of drug-likeness (QED) is 0.318. The molecule has 0 amide bonds. The highest BCUT2D eigenvalue weighted by atomic mass is 16.5. The van der Waals surface area contributed by atoms with Gasteiger partial charge in [-0.3, -0.25) is 0 Å². The molecule has 0 fully saturated rings. The van der Waals surface area contributed by atoms with E-state index in [1.54, 1.807) is 0 Å². The van der Waals surface area contributed by atoms with E-state index in [1.807, 2.05) is 30.3 Å². The van der Waals surface area contributed by atoms with Crippen LogP contribution in [0.3, 0.4) is 0 Å². The number of unbranched alkanes of at least 4 members (excludes halogenated alkanes) is 1. The summed E-state index contributed by atoms with van der Waals surface area (Å²) in [6.45, 7) is 0.454. The highest BCUT2D eigenvalue weighted by molar-refractivity contribution is 6.07. The second-order valence-electron chi connectivity index (χ2n) is 5.66. The van der Waals surface area contributed by atoms with Crippen molar-refractivity contribution in [1.82, 2.24) is 0 Å². The molecule has 3 aromatic carbocycles. The fraction of sp³-hybridized carbons (Fsp3) is 0.190. The first-order valence-electron chi connectivity index (χ1n) is 8.16. The van der Waals surface area contributed by atoms with Crippen molar-refractivity contribution in [2.24, 2.45) is 0 Å². The van der Waals surface area contributed by atoms with E-state index >= 15 is 0 Å². The molecular formula is C21H20O3. The lowest BCUT2D eigenvalue weighted by Crippen LogP contribution is -2.02. The van der Waals surface area contributed by atoms with Crippen molar-refractivity contribution in [2.75, 3.05) is 13.2 Å². The molecule has 1 N–H and O–H groups in total. The second-order valence-corrected chi connectivity index (χ2v) is 5.66. The fourth-order valence-corrected chi connectivity index (χ4v) is 2.81. The summed E-state index contributed by atoms with van der Waals surface area (Å²) in [7, 11) is 0. The first-order valence-corrected chi connectivity index (χ1v) is 8.16. The zero-order chi connectivity index (χ0) is 16.8. The van der Waals surface area contributed by atoms with Gasteiger partial charge >= 0.3 is 5.97 Å². The number of aliphatic hydroxyl groups is 1. The fourth-order valence-electron chi connectivity index (χ4n) is 2.81. The van der Waals surface area contributed by atoms with Crippen LogP contribution in [0.4, 0.5) is 0 Å². The van der Waals surface area contributed by atoms with Crippen LogP contribution < -0.4 is 0 Å². The molecule has 0 saturated carbocycles. The summed E-state index contributed by atoms with van der Waals surface area (Å²) in [4.78, 5) is 11.9. The summed E-state index contributed by atoms with van der Waals surface area (Å²) in [5, 5.41) is 13.2. The molecule has 0 aliphatic carbocycles. The molecule has 0 aliphatic heterocycles. The van der Waals surface area contributed by atoms with Crippen molar-refractivity contribution in [2.45, 2.75) is 12.8 Å². The van der Waals surface area contributed by atoms with E-state index in [1.165, 1.54) is 6.08 Å². The summed E-state index contributed by atoms with van der Waals surface area (Å²) in [5.74, 6) is -0.357. The van der Waals surface area contributed by atoms with Gasteiger partial charge in [0, 0.05) is 12.7 Å². The van der Waals surface area contributed by atoms with E-state index in [2.05, 4.69) is 30.3 Å². The van der Waals surface area contributed by atoms with Crippen molar-refractivity contribution in [3.05, 3.63) is 66.2 Å². The molecule has 0 saturated heterocycles. The summed E-state index contributed by atoms with van der Waals surface area (Å²) < 4.78 is 5.15. The first kappa shape index (κ1) is 16.2. The van der Waals surface area contributed by atoms with Crippen LogP contribution in [0.25, 0.3) is 27.6 Å². The van der Waals surface area contributed by atoms with Crippen LogP contribution in [-0.4, -0.2) is 24.3 Å². The smallest absolute Gasteiger partial charge is 0.330 e. The predicted octanol–water partition coefficient (Wildman–Crippen LogP) is 4.32. The predicted molar refractivity (Wildman–Crippen MR) is 97.8 cm³/mol. The summed E-state index contributed by atoms with van der Waals surface area (Å²) >= 11 is 0. The summed E-state index contributed by atoms with van der Waals surface area (Å²) in [6.07, 6.45) is 4.63. The van der Waals surface area contributed by atoms with Gasteiger partial charge in [0.1, 0.15) is 0 Å². The molecule has 3 aromatic rings. The average Bonchev–Trinajstić information content (AvgIpc) is 2.62. The van der Waals surface area contributed by atoms with Crippen LogP contribution in [0, 0.1) is 0 Å². The van der Waals surface area contributed by atoms with Gasteiger partial charge in [0.15, 0.2) is 0 Å². The molecule has 0 aromatic heterocycles. The Balaban J connectivity index is 1.92. The lowest BCUT2D eigenvalue weighted by atomic mass is 9.96. The monoisotopic (exact) mass is 320 g/mol. The van der Waals surface area contributed by atoms with Gasteiger partial charge in [-0.1, -0.05) is 48.5 Å². The highest BCUT2D eigenvalue weighted by Gasteiger charge is 2.05. The number of carbonyl (C=O) groups is 1. The van der Waals surface area contributed by atoms with Gasteiger partial charge in [0.2, 0.25) is 0 Å². The molecule has 0 aliphatic rings. The lowest BCUT2D eigenvalue weighted by molar-refractivity contribution is -0.137. The van der Waals surface area contributed by atoms with Gasteiger partial charge in [-0.15, -0.1) is 0 Å². The molecule has 3 nitrogen and oxygen atoms in total. The third-order valence-corrected chi connectivity index (χ3v) is 4.00. The minimum atomic E-state index is -0.357. The molecular weight excluding hydrogens is 300 g/mol. The Labute approximate surface area is 141 Å². The molecule has 0 radical (unpaired) electrons. The first-order chi connectivity index (χ1) is 11.8. The number of esters is 1. The van der Waals surface area contributed by atoms with E-state index in [0.29, 0.717) is 19.4 Å². The Morgan fingerprint density at radius 2 is 1.58 bits per heavy atom. The molecule has 3 rings (SSSR count). The molecule has 0 spiro atoms. The van der Waals surface area contributed by atoms with Crippen molar-refractivity contribution < 1.29 is 14.6 Å². The maximum atomic E-state index is 11.9. The van der Waals surface area contributed by atoms with Gasteiger partial charge in [0.25, 0.3) is 0 Å². The number of ether oxygens (including phenoxy) is 1. The molecule has 24 heavy (non-hydrogen) atoms. The zero-order valence-electron chi connectivity index (χ0n) is 13.4. The van der Waals surface area contributed by atoms with Crippen molar-refractivity contribution >= 4 is 33.6 Å². The Hall–Kier alpha value is -2.65. The minimum absolute atomic E-state index is 0.120. The van der Waals surface area contributed by atoms with Crippen LogP contribution in [0.5, 0.6) is 0 Å². The number of hydrogen-bond donors (Lipinski definition) is 1. The number of hydrogen-bond acceptors (Lipinski definition) is 3. The number of carbonyl (C=O) groups excluding carboxylic acids is 1. The van der Waals surface area contributed by atoms with Crippen molar-refractivity contribution in [3.63, 3.8) is 0 Å². The summed E-state index contributed by atoms with van der Waals surface area (Å²) in [5.41, 5.74) is 1.02. The third-order valence-electron chi connectivity index (χ3n) is 4.00. The molecule has 0 atom stereocenters. The van der Waals surface area contributed by atoms with Crippen LogP contribution in [0.2, 0.25) is 0 Å². The Kier molecular flexibility index (Phi) is 5.24. The minimum Gasteiger partial charge on any atom is -0.463 e. The van der Waals surface area contributed by atoms with E-state index in [-0.39, 0.29) is 12.6 Å². The van der Waals surface area contributed by atoms with Gasteiger partial charge in [-0.25, -0.2) is 4.79 Å². The van der Waals surface area contributed by atoms with Gasteiger partial charge in [-0.2, -0.15) is 0 Å². The third kappa shape index (κ3) is 3.63. The van der Waals surface area contributed by atoms with Crippen LogP contribution in [-0.2, 0) is 9.53 Å². The Morgan fingerprint density at radius 3 is 2.21 bits per heavy atom. The largest absolute Gasteiger partial charge is 0.463 e. The molecule has 3 heteroatoms. The Morgan fingerprint density at radius 1 is 0.958 bits per heavy atom.